The van der Waals surface area contributed by atoms with E-state index < -0.39 is 28.6 Å². The van der Waals surface area contributed by atoms with Gasteiger partial charge in [-0.25, -0.2) is 0 Å². The molecule has 8 heteroatoms. The highest BCUT2D eigenvalue weighted by Gasteiger charge is 2.31. The summed E-state index contributed by atoms with van der Waals surface area (Å²) in [6, 6.07) is 7.59. The van der Waals surface area contributed by atoms with Crippen LogP contribution in [0.25, 0.3) is 0 Å². The van der Waals surface area contributed by atoms with Gasteiger partial charge in [-0.1, -0.05) is 17.7 Å². The number of rotatable bonds is 7. The topological polar surface area (TPSA) is 67.2 Å². The molecule has 0 saturated carbocycles. The smallest absolute Gasteiger partial charge is 0.266 e. The summed E-state index contributed by atoms with van der Waals surface area (Å²) in [4.78, 5) is -0.00905. The highest BCUT2D eigenvalue weighted by atomic mass is 32.2. The van der Waals surface area contributed by atoms with Crippen molar-refractivity contribution < 1.29 is 25.8 Å². The van der Waals surface area contributed by atoms with E-state index in [4.69, 9.17) is 9.44 Å². The van der Waals surface area contributed by atoms with Crippen LogP contribution in [0.5, 0.6) is 0 Å². The van der Waals surface area contributed by atoms with Gasteiger partial charge in [0.2, 0.25) is 0 Å². The van der Waals surface area contributed by atoms with Crippen LogP contribution in [-0.4, -0.2) is 21.2 Å². The summed E-state index contributed by atoms with van der Waals surface area (Å²) in [5.41, 5.74) is 0.892. The maximum atomic E-state index is 12.2. The quantitative estimate of drug-likeness (QED) is 0.564. The molecule has 0 heterocycles. The van der Waals surface area contributed by atoms with E-state index in [0.29, 0.717) is 0 Å². The van der Waals surface area contributed by atoms with E-state index in [9.17, 15) is 21.6 Å². The first-order valence-electron chi connectivity index (χ1n) is 6.56. The van der Waals surface area contributed by atoms with Crippen molar-refractivity contribution in [3.63, 3.8) is 0 Å². The largest absolute Gasteiger partial charge is 0.390 e. The van der Waals surface area contributed by atoms with Crippen LogP contribution in [0.4, 0.5) is 13.2 Å². The molecule has 4 nitrogen and oxygen atoms in total. The van der Waals surface area contributed by atoms with Crippen molar-refractivity contribution in [1.29, 1.82) is 5.26 Å². The van der Waals surface area contributed by atoms with Crippen molar-refractivity contribution >= 4 is 10.1 Å². The number of nitriles is 1. The Morgan fingerprint density at radius 1 is 1.27 bits per heavy atom. The zero-order chi connectivity index (χ0) is 16.8. The monoisotopic (exact) mass is 335 g/mol. The van der Waals surface area contributed by atoms with Gasteiger partial charge in [-0.2, -0.15) is 26.9 Å². The van der Waals surface area contributed by atoms with Gasteiger partial charge in [0, 0.05) is 0 Å². The lowest BCUT2D eigenvalue weighted by atomic mass is 10.0. The van der Waals surface area contributed by atoms with Gasteiger partial charge in [-0.3, -0.25) is 4.18 Å². The van der Waals surface area contributed by atoms with E-state index in [0.717, 1.165) is 5.56 Å². The average Bonchev–Trinajstić information content (AvgIpc) is 2.41. The van der Waals surface area contributed by atoms with Crippen LogP contribution in [-0.2, 0) is 14.3 Å². The second kappa shape index (κ2) is 7.61. The Hall–Kier alpha value is -1.59. The van der Waals surface area contributed by atoms with E-state index in [-0.39, 0.29) is 24.3 Å². The Labute approximate surface area is 127 Å². The molecule has 0 fully saturated rings. The lowest BCUT2D eigenvalue weighted by Gasteiger charge is -2.11. The van der Waals surface area contributed by atoms with Crippen LogP contribution in [0.3, 0.4) is 0 Å². The molecule has 0 aromatic heterocycles. The van der Waals surface area contributed by atoms with Gasteiger partial charge in [0.05, 0.1) is 29.9 Å². The predicted molar refractivity (Wildman–Crippen MR) is 73.3 cm³/mol. The number of aryl methyl sites for hydroxylation is 1. The maximum absolute atomic E-state index is 12.2. The van der Waals surface area contributed by atoms with Crippen molar-refractivity contribution in [2.45, 2.75) is 37.3 Å². The highest BCUT2D eigenvalue weighted by Crippen LogP contribution is 2.27. The zero-order valence-electron chi connectivity index (χ0n) is 11.9. The summed E-state index contributed by atoms with van der Waals surface area (Å²) in [6.07, 6.45) is -5.62. The third kappa shape index (κ3) is 6.45. The maximum Gasteiger partial charge on any atom is 0.390 e. The Balaban J connectivity index is 2.46. The van der Waals surface area contributed by atoms with Gasteiger partial charge < -0.3 is 0 Å². The standard InChI is InChI=1S/C14H16F3NO3S/c1-11-4-6-13(7-5-11)22(19,20)21-8-2-3-12(10-18)9-14(15,16)17/h4-7,12H,2-3,8-9H2,1H3/t12-/m1/s1. The van der Waals surface area contributed by atoms with Crippen molar-refractivity contribution in [3.05, 3.63) is 29.8 Å². The first-order chi connectivity index (χ1) is 10.1. The normalized spacial score (nSPS) is 13.6. The van der Waals surface area contributed by atoms with Crippen LogP contribution in [0.2, 0.25) is 0 Å². The average molecular weight is 335 g/mol. The van der Waals surface area contributed by atoms with E-state index in [1.807, 2.05) is 0 Å². The second-order valence-electron chi connectivity index (χ2n) is 4.88. The molecule has 0 bridgehead atoms. The van der Waals surface area contributed by atoms with Crippen molar-refractivity contribution in [2.24, 2.45) is 5.92 Å². The van der Waals surface area contributed by atoms with Gasteiger partial charge in [0.1, 0.15) is 0 Å². The molecule has 0 N–H and O–H groups in total. The summed E-state index contributed by atoms with van der Waals surface area (Å²) >= 11 is 0. The van der Waals surface area contributed by atoms with Gasteiger partial charge in [-0.15, -0.1) is 0 Å². The third-order valence-electron chi connectivity index (χ3n) is 2.91. The third-order valence-corrected chi connectivity index (χ3v) is 4.23. The van der Waals surface area contributed by atoms with Gasteiger partial charge >= 0.3 is 6.18 Å². The van der Waals surface area contributed by atoms with Crippen LogP contribution >= 0.6 is 0 Å². The molecule has 1 aromatic rings. The molecular weight excluding hydrogens is 319 g/mol. The molecule has 0 amide bonds. The van der Waals surface area contributed by atoms with Crippen molar-refractivity contribution in [2.75, 3.05) is 6.61 Å². The Morgan fingerprint density at radius 3 is 2.36 bits per heavy atom. The van der Waals surface area contributed by atoms with Crippen molar-refractivity contribution in [1.82, 2.24) is 0 Å². The fourth-order valence-electron chi connectivity index (χ4n) is 1.76. The molecule has 0 aliphatic carbocycles. The van der Waals surface area contributed by atoms with E-state index in [2.05, 4.69) is 0 Å². The zero-order valence-corrected chi connectivity index (χ0v) is 12.7. The Morgan fingerprint density at radius 2 is 1.86 bits per heavy atom. The molecule has 0 unspecified atom stereocenters. The number of benzene rings is 1. The molecule has 0 spiro atoms. The summed E-state index contributed by atoms with van der Waals surface area (Å²) in [6.45, 7) is 1.55. The highest BCUT2D eigenvalue weighted by molar-refractivity contribution is 7.86. The summed E-state index contributed by atoms with van der Waals surface area (Å²) in [5, 5.41) is 8.64. The number of alkyl halides is 3. The number of hydrogen-bond acceptors (Lipinski definition) is 4. The van der Waals surface area contributed by atoms with Gasteiger partial charge in [-0.05, 0) is 31.9 Å². The molecule has 0 aliphatic heterocycles. The second-order valence-corrected chi connectivity index (χ2v) is 6.49. The van der Waals surface area contributed by atoms with Crippen LogP contribution < -0.4 is 0 Å². The number of nitrogens with zero attached hydrogens (tertiary/aromatic N) is 1. The van der Waals surface area contributed by atoms with Crippen LogP contribution in [0.1, 0.15) is 24.8 Å². The molecule has 122 valence electrons. The van der Waals surface area contributed by atoms with Crippen molar-refractivity contribution in [3.8, 4) is 6.07 Å². The fourth-order valence-corrected chi connectivity index (χ4v) is 2.71. The van der Waals surface area contributed by atoms with E-state index in [1.54, 1.807) is 25.1 Å². The molecule has 0 radical (unpaired) electrons. The minimum absolute atomic E-state index is 0.00905. The predicted octanol–water partition coefficient (Wildman–Crippen LogP) is 3.57. The summed E-state index contributed by atoms with van der Waals surface area (Å²) in [5.74, 6) is -1.19. The molecule has 0 saturated heterocycles. The van der Waals surface area contributed by atoms with Crippen LogP contribution in [0, 0.1) is 24.2 Å². The molecular formula is C14H16F3NO3S. The molecule has 1 rings (SSSR count). The fraction of sp³-hybridized carbons (Fsp3) is 0.500. The first-order valence-corrected chi connectivity index (χ1v) is 7.97. The van der Waals surface area contributed by atoms with Gasteiger partial charge in [0.15, 0.2) is 0 Å². The first kappa shape index (κ1) is 18.5. The van der Waals surface area contributed by atoms with E-state index >= 15 is 0 Å². The summed E-state index contributed by atoms with van der Waals surface area (Å²) < 4.78 is 64.9. The molecule has 0 aliphatic rings. The minimum atomic E-state index is -4.41. The number of hydrogen-bond donors (Lipinski definition) is 0. The lowest BCUT2D eigenvalue weighted by Crippen LogP contribution is -2.15. The molecule has 1 atom stereocenters. The summed E-state index contributed by atoms with van der Waals surface area (Å²) in [7, 11) is -3.92. The Bertz CT molecular complexity index is 618. The molecule has 1 aromatic carbocycles. The Kier molecular flexibility index (Phi) is 6.38. The van der Waals surface area contributed by atoms with Gasteiger partial charge in [0.25, 0.3) is 10.1 Å². The lowest BCUT2D eigenvalue weighted by molar-refractivity contribution is -0.141. The SMILES string of the molecule is Cc1ccc(S(=O)(=O)OCCC[C@@H](C#N)CC(F)(F)F)cc1. The number of halogens is 3. The minimum Gasteiger partial charge on any atom is -0.266 e. The molecule has 22 heavy (non-hydrogen) atoms. The van der Waals surface area contributed by atoms with E-state index in [1.165, 1.54) is 12.1 Å². The van der Waals surface area contributed by atoms with Crippen LogP contribution in [0.15, 0.2) is 29.2 Å².